The first-order chi connectivity index (χ1) is 17.5. The molecule has 0 aliphatic carbocycles. The zero-order chi connectivity index (χ0) is 26.5. The largest absolute Gasteiger partial charge is 0.432 e. The van der Waals surface area contributed by atoms with Gasteiger partial charge in [-0.25, -0.2) is 4.98 Å². The van der Waals surface area contributed by atoms with Crippen molar-refractivity contribution in [1.82, 2.24) is 15.3 Å². The van der Waals surface area contributed by atoms with Gasteiger partial charge in [0.05, 0.1) is 6.42 Å². The normalized spacial score (nSPS) is 9.81. The van der Waals surface area contributed by atoms with E-state index in [1.807, 2.05) is 81.4 Å². The van der Waals surface area contributed by atoms with Crippen molar-refractivity contribution in [3.63, 3.8) is 0 Å². The number of aromatic amines is 1. The van der Waals surface area contributed by atoms with Crippen LogP contribution < -0.4 is 10.5 Å². The summed E-state index contributed by atoms with van der Waals surface area (Å²) in [6.07, 6.45) is 1.75. The number of nitro groups is 1. The average molecular weight is 506 g/mol. The number of H-pyrrole nitrogens is 1. The number of imidazole rings is 1. The van der Waals surface area contributed by atoms with Gasteiger partial charge in [-0.05, 0) is 45.7 Å². The topological polar surface area (TPSA) is 127 Å². The highest BCUT2D eigenvalue weighted by molar-refractivity contribution is 7.77. The molecular weight excluding hydrogens is 474 g/mol. The summed E-state index contributed by atoms with van der Waals surface area (Å²) in [5.41, 5.74) is 6.56. The third kappa shape index (κ3) is 7.79. The van der Waals surface area contributed by atoms with Crippen LogP contribution >= 0.6 is 12.8 Å². The van der Waals surface area contributed by atoms with Crippen LogP contribution in [-0.4, -0.2) is 20.8 Å². The maximum absolute atomic E-state index is 12.4. The first-order valence-electron chi connectivity index (χ1n) is 11.5. The molecule has 0 radical (unpaired) electrons. The molecule has 4 aromatic rings. The summed E-state index contributed by atoms with van der Waals surface area (Å²) in [7, 11) is 0. The Hall–Kier alpha value is -3.95. The molecule has 0 atom stereocenters. The Balaban J connectivity index is 0.00000109. The van der Waals surface area contributed by atoms with Gasteiger partial charge >= 0.3 is 5.95 Å². The Labute approximate surface area is 216 Å². The van der Waals surface area contributed by atoms with Crippen LogP contribution in [0.5, 0.6) is 0 Å². The second kappa shape index (κ2) is 14.4. The van der Waals surface area contributed by atoms with Gasteiger partial charge in [0.1, 0.15) is 11.9 Å². The highest BCUT2D eigenvalue weighted by Gasteiger charge is 2.13. The zero-order valence-electron chi connectivity index (χ0n) is 20.6. The highest BCUT2D eigenvalue weighted by Crippen LogP contribution is 2.23. The van der Waals surface area contributed by atoms with E-state index in [0.717, 1.165) is 33.4 Å². The number of hydrogen-bond acceptors (Lipinski definition) is 6. The minimum Gasteiger partial charge on any atom is -0.390 e. The van der Waals surface area contributed by atoms with Crippen molar-refractivity contribution >= 4 is 24.7 Å². The molecule has 0 bridgehead atoms. The third-order valence-corrected chi connectivity index (χ3v) is 5.29. The molecule has 0 unspecified atom stereocenters. The first kappa shape index (κ1) is 28.3. The molecule has 4 rings (SSSR count). The SMILES string of the molecule is CC.Cc1cc(-c2cnc([N+](=O)[O-])[nH]2)ccc1CNC(=O)Cc1ccc(-c2ccccc2)cc1.NS. The van der Waals surface area contributed by atoms with Gasteiger partial charge in [-0.3, -0.25) is 9.93 Å². The number of nitrogens with zero attached hydrogens (tertiary/aromatic N) is 2. The van der Waals surface area contributed by atoms with Crippen LogP contribution in [0.3, 0.4) is 0 Å². The molecule has 0 aliphatic heterocycles. The summed E-state index contributed by atoms with van der Waals surface area (Å²) in [6.45, 7) is 6.36. The van der Waals surface area contributed by atoms with Crippen molar-refractivity contribution in [2.24, 2.45) is 5.14 Å². The number of nitrogens with two attached hydrogens (primary N) is 1. The van der Waals surface area contributed by atoms with E-state index in [-0.39, 0.29) is 11.9 Å². The molecule has 1 heterocycles. The van der Waals surface area contributed by atoms with Crippen molar-refractivity contribution in [2.45, 2.75) is 33.7 Å². The lowest BCUT2D eigenvalue weighted by atomic mass is 10.0. The van der Waals surface area contributed by atoms with Gasteiger partial charge in [-0.1, -0.05) is 85.6 Å². The maximum Gasteiger partial charge on any atom is 0.432 e. The first-order valence-corrected chi connectivity index (χ1v) is 12.0. The number of rotatable bonds is 7. The smallest absolute Gasteiger partial charge is 0.390 e. The molecule has 1 amide bonds. The molecule has 1 aromatic heterocycles. The van der Waals surface area contributed by atoms with Crippen LogP contribution in [0.1, 0.15) is 30.5 Å². The summed E-state index contributed by atoms with van der Waals surface area (Å²) in [4.78, 5) is 29.1. The van der Waals surface area contributed by atoms with E-state index in [9.17, 15) is 14.9 Å². The molecule has 8 nitrogen and oxygen atoms in total. The molecular formula is C27H31N5O3S. The minimum absolute atomic E-state index is 0.0508. The summed E-state index contributed by atoms with van der Waals surface area (Å²) < 4.78 is 0. The number of carbonyl (C=O) groups excluding carboxylic acids is 1. The Morgan fingerprint density at radius 3 is 2.19 bits per heavy atom. The second-order valence-corrected chi connectivity index (χ2v) is 7.54. The molecule has 0 fully saturated rings. The predicted molar refractivity (Wildman–Crippen MR) is 147 cm³/mol. The lowest BCUT2D eigenvalue weighted by Gasteiger charge is -2.10. The Kier molecular flexibility index (Phi) is 11.4. The van der Waals surface area contributed by atoms with Gasteiger partial charge < -0.3 is 15.4 Å². The number of aryl methyl sites for hydroxylation is 1. The van der Waals surface area contributed by atoms with Gasteiger partial charge in [0.2, 0.25) is 5.91 Å². The molecule has 0 spiro atoms. The Bertz CT molecular complexity index is 1260. The summed E-state index contributed by atoms with van der Waals surface area (Å²) >= 11 is 3.03. The molecule has 0 saturated heterocycles. The molecule has 0 saturated carbocycles. The lowest BCUT2D eigenvalue weighted by molar-refractivity contribution is -0.393. The Morgan fingerprint density at radius 2 is 1.61 bits per heavy atom. The van der Waals surface area contributed by atoms with Crippen molar-refractivity contribution in [2.75, 3.05) is 0 Å². The lowest BCUT2D eigenvalue weighted by Crippen LogP contribution is -2.24. The van der Waals surface area contributed by atoms with E-state index < -0.39 is 4.92 Å². The van der Waals surface area contributed by atoms with Crippen LogP contribution in [0.4, 0.5) is 5.95 Å². The van der Waals surface area contributed by atoms with Crippen LogP contribution in [-0.2, 0) is 17.8 Å². The molecule has 3 aromatic carbocycles. The van der Waals surface area contributed by atoms with Crippen molar-refractivity contribution in [3.05, 3.63) is 106 Å². The summed E-state index contributed by atoms with van der Waals surface area (Å²) in [5, 5.41) is 18.0. The molecule has 9 heteroatoms. The van der Waals surface area contributed by atoms with Gasteiger partial charge in [-0.2, -0.15) is 0 Å². The third-order valence-electron chi connectivity index (χ3n) is 5.29. The van der Waals surface area contributed by atoms with E-state index in [0.29, 0.717) is 18.7 Å². The monoisotopic (exact) mass is 505 g/mol. The van der Waals surface area contributed by atoms with Gasteiger partial charge in [-0.15, -0.1) is 12.8 Å². The molecule has 4 N–H and O–H groups in total. The number of hydrogen-bond donors (Lipinski definition) is 4. The molecule has 36 heavy (non-hydrogen) atoms. The predicted octanol–water partition coefficient (Wildman–Crippen LogP) is 5.64. The quantitative estimate of drug-likeness (QED) is 0.147. The van der Waals surface area contributed by atoms with Crippen LogP contribution in [0.25, 0.3) is 22.4 Å². The number of carbonyl (C=O) groups is 1. The number of amides is 1. The number of thiol groups is 1. The van der Waals surface area contributed by atoms with Gasteiger partial charge in [0.15, 0.2) is 0 Å². The van der Waals surface area contributed by atoms with Crippen molar-refractivity contribution in [3.8, 4) is 22.4 Å². The molecule has 0 aliphatic rings. The fraction of sp³-hybridized carbons (Fsp3) is 0.185. The second-order valence-electron chi connectivity index (χ2n) is 7.54. The Morgan fingerprint density at radius 1 is 1.00 bits per heavy atom. The van der Waals surface area contributed by atoms with E-state index >= 15 is 0 Å². The molecule has 188 valence electrons. The average Bonchev–Trinajstić information content (AvgIpc) is 3.42. The van der Waals surface area contributed by atoms with Crippen LogP contribution in [0.15, 0.2) is 79.0 Å². The fourth-order valence-corrected chi connectivity index (χ4v) is 3.50. The minimum atomic E-state index is -0.560. The van der Waals surface area contributed by atoms with Crippen LogP contribution in [0.2, 0.25) is 0 Å². The van der Waals surface area contributed by atoms with E-state index in [1.54, 1.807) is 0 Å². The van der Waals surface area contributed by atoms with E-state index in [4.69, 9.17) is 0 Å². The van der Waals surface area contributed by atoms with Crippen molar-refractivity contribution in [1.29, 1.82) is 0 Å². The number of nitrogens with one attached hydrogen (secondary N) is 2. The van der Waals surface area contributed by atoms with Gasteiger partial charge in [0, 0.05) is 12.1 Å². The maximum atomic E-state index is 12.4. The standard InChI is InChI=1S/C25H22N4O3.C2H6.H3NS/c1-17-13-21(23-16-27-25(28-23)29(31)32)11-12-22(17)15-26-24(30)14-18-7-9-20(10-8-18)19-5-3-2-4-6-19;2*1-2/h2-13,16H,14-15H2,1H3,(H,26,30)(H,27,28);1-2H3;2H,1H2. The van der Waals surface area contributed by atoms with E-state index in [2.05, 4.69) is 45.4 Å². The fourth-order valence-electron chi connectivity index (χ4n) is 3.50. The van der Waals surface area contributed by atoms with E-state index in [1.165, 1.54) is 6.20 Å². The number of aromatic nitrogens is 2. The summed E-state index contributed by atoms with van der Waals surface area (Å²) in [5.74, 6) is -0.337. The number of benzene rings is 3. The zero-order valence-corrected chi connectivity index (χ0v) is 21.5. The summed E-state index contributed by atoms with van der Waals surface area (Å²) in [6, 6.07) is 23.8. The van der Waals surface area contributed by atoms with Gasteiger partial charge in [0.25, 0.3) is 0 Å². The van der Waals surface area contributed by atoms with Crippen LogP contribution in [0, 0.1) is 17.0 Å². The van der Waals surface area contributed by atoms with Crippen molar-refractivity contribution < 1.29 is 9.72 Å². The highest BCUT2D eigenvalue weighted by atomic mass is 32.1.